The van der Waals surface area contributed by atoms with E-state index in [1.807, 2.05) is 13.8 Å². The SMILES string of the molecule is CC(C)c1c(Cl)[nH]c(=O)n(Cc2cscn2)c1=O. The third-order valence-corrected chi connectivity index (χ3v) is 3.49. The predicted octanol–water partition coefficient (Wildman–Crippen LogP) is 1.82. The van der Waals surface area contributed by atoms with Gasteiger partial charge in [0.1, 0.15) is 5.15 Å². The van der Waals surface area contributed by atoms with E-state index in [-0.39, 0.29) is 23.2 Å². The van der Waals surface area contributed by atoms with Crippen LogP contribution in [0.5, 0.6) is 0 Å². The molecule has 7 heteroatoms. The number of hydrogen-bond acceptors (Lipinski definition) is 4. The fraction of sp³-hybridized carbons (Fsp3) is 0.364. The molecule has 2 aromatic rings. The van der Waals surface area contributed by atoms with E-state index in [4.69, 9.17) is 11.6 Å². The maximum atomic E-state index is 12.2. The van der Waals surface area contributed by atoms with Gasteiger partial charge in [0.25, 0.3) is 5.56 Å². The molecule has 0 aromatic carbocycles. The number of halogens is 1. The molecule has 0 atom stereocenters. The van der Waals surface area contributed by atoms with E-state index >= 15 is 0 Å². The Labute approximate surface area is 112 Å². The summed E-state index contributed by atoms with van der Waals surface area (Å²) < 4.78 is 1.12. The van der Waals surface area contributed by atoms with Gasteiger partial charge in [0.05, 0.1) is 23.3 Å². The second kappa shape index (κ2) is 5.07. The highest BCUT2D eigenvalue weighted by molar-refractivity contribution is 7.07. The minimum atomic E-state index is -0.512. The first-order valence-electron chi connectivity index (χ1n) is 5.40. The van der Waals surface area contributed by atoms with E-state index in [1.54, 1.807) is 10.9 Å². The number of thiazole rings is 1. The normalized spacial score (nSPS) is 11.1. The molecule has 0 bridgehead atoms. The summed E-state index contributed by atoms with van der Waals surface area (Å²) in [5.74, 6) is -0.0523. The van der Waals surface area contributed by atoms with Crippen LogP contribution >= 0.6 is 22.9 Å². The van der Waals surface area contributed by atoms with Crippen LogP contribution in [-0.2, 0) is 6.54 Å². The standard InChI is InChI=1S/C11H12ClN3O2S/c1-6(2)8-9(12)14-11(17)15(10(8)16)3-7-4-18-5-13-7/h4-6H,3H2,1-2H3,(H,14,17). The average Bonchev–Trinajstić information content (AvgIpc) is 2.75. The van der Waals surface area contributed by atoms with Gasteiger partial charge in [0.2, 0.25) is 0 Å². The molecule has 0 saturated heterocycles. The Morgan fingerprint density at radius 1 is 1.50 bits per heavy atom. The Kier molecular flexibility index (Phi) is 3.68. The van der Waals surface area contributed by atoms with E-state index in [0.717, 1.165) is 4.57 Å². The molecule has 96 valence electrons. The molecule has 2 aromatic heterocycles. The molecule has 0 aliphatic rings. The molecular weight excluding hydrogens is 274 g/mol. The van der Waals surface area contributed by atoms with Gasteiger partial charge in [0.15, 0.2) is 0 Å². The lowest BCUT2D eigenvalue weighted by atomic mass is 10.1. The van der Waals surface area contributed by atoms with E-state index in [9.17, 15) is 9.59 Å². The van der Waals surface area contributed by atoms with Crippen molar-refractivity contribution in [2.75, 3.05) is 0 Å². The monoisotopic (exact) mass is 285 g/mol. The first-order valence-corrected chi connectivity index (χ1v) is 6.72. The molecule has 2 heterocycles. The van der Waals surface area contributed by atoms with Crippen molar-refractivity contribution in [2.45, 2.75) is 26.3 Å². The molecule has 0 aliphatic heterocycles. The molecule has 0 fully saturated rings. The van der Waals surface area contributed by atoms with Crippen molar-refractivity contribution in [3.05, 3.63) is 48.1 Å². The van der Waals surface area contributed by atoms with Crippen LogP contribution < -0.4 is 11.2 Å². The second-order valence-corrected chi connectivity index (χ2v) is 5.28. The van der Waals surface area contributed by atoms with Gasteiger partial charge in [-0.3, -0.25) is 14.3 Å². The maximum Gasteiger partial charge on any atom is 0.329 e. The average molecular weight is 286 g/mol. The van der Waals surface area contributed by atoms with Crippen molar-refractivity contribution in [3.63, 3.8) is 0 Å². The van der Waals surface area contributed by atoms with Crippen LogP contribution in [0.1, 0.15) is 31.0 Å². The van der Waals surface area contributed by atoms with Crippen molar-refractivity contribution >= 4 is 22.9 Å². The Bertz CT molecular complexity index is 658. The number of aromatic nitrogens is 3. The largest absolute Gasteiger partial charge is 0.329 e. The van der Waals surface area contributed by atoms with Crippen molar-refractivity contribution in [1.29, 1.82) is 0 Å². The summed E-state index contributed by atoms with van der Waals surface area (Å²) in [7, 11) is 0. The third kappa shape index (κ3) is 2.39. The Morgan fingerprint density at radius 3 is 2.78 bits per heavy atom. The Balaban J connectivity index is 2.57. The fourth-order valence-electron chi connectivity index (χ4n) is 1.68. The van der Waals surface area contributed by atoms with Crippen molar-refractivity contribution < 1.29 is 0 Å². The van der Waals surface area contributed by atoms with Crippen LogP contribution in [0.25, 0.3) is 0 Å². The second-order valence-electron chi connectivity index (χ2n) is 4.18. The molecule has 2 rings (SSSR count). The Hall–Kier alpha value is -1.40. The Morgan fingerprint density at radius 2 is 2.22 bits per heavy atom. The molecule has 5 nitrogen and oxygen atoms in total. The van der Waals surface area contributed by atoms with Gasteiger partial charge >= 0.3 is 5.69 Å². The van der Waals surface area contributed by atoms with Gasteiger partial charge in [-0.05, 0) is 5.92 Å². The number of rotatable bonds is 3. The number of H-pyrrole nitrogens is 1. The van der Waals surface area contributed by atoms with Gasteiger partial charge in [-0.15, -0.1) is 11.3 Å². The topological polar surface area (TPSA) is 67.8 Å². The van der Waals surface area contributed by atoms with Crippen molar-refractivity contribution in [3.8, 4) is 0 Å². The lowest BCUT2D eigenvalue weighted by molar-refractivity contribution is 0.662. The third-order valence-electron chi connectivity index (χ3n) is 2.55. The minimum absolute atomic E-state index is 0.0523. The summed E-state index contributed by atoms with van der Waals surface area (Å²) in [4.78, 5) is 30.5. The zero-order valence-electron chi connectivity index (χ0n) is 9.94. The first-order chi connectivity index (χ1) is 8.50. The lowest BCUT2D eigenvalue weighted by Gasteiger charge is -2.10. The van der Waals surface area contributed by atoms with Crippen LogP contribution in [0, 0.1) is 0 Å². The van der Waals surface area contributed by atoms with E-state index in [2.05, 4.69) is 9.97 Å². The van der Waals surface area contributed by atoms with E-state index in [0.29, 0.717) is 11.3 Å². The summed E-state index contributed by atoms with van der Waals surface area (Å²) in [6, 6.07) is 0. The first kappa shape index (κ1) is 13.0. The summed E-state index contributed by atoms with van der Waals surface area (Å²) in [6.07, 6.45) is 0. The van der Waals surface area contributed by atoms with Crippen molar-refractivity contribution in [1.82, 2.24) is 14.5 Å². The van der Waals surface area contributed by atoms with Crippen LogP contribution in [0.3, 0.4) is 0 Å². The highest BCUT2D eigenvalue weighted by Gasteiger charge is 2.16. The van der Waals surface area contributed by atoms with Gasteiger partial charge < -0.3 is 0 Å². The fourth-order valence-corrected chi connectivity index (χ4v) is 2.61. The van der Waals surface area contributed by atoms with Crippen LogP contribution in [0.4, 0.5) is 0 Å². The molecule has 0 unspecified atom stereocenters. The van der Waals surface area contributed by atoms with Gasteiger partial charge in [-0.25, -0.2) is 9.78 Å². The molecular formula is C11H12ClN3O2S. The number of hydrogen-bond donors (Lipinski definition) is 1. The molecule has 0 aliphatic carbocycles. The molecule has 0 saturated carbocycles. The molecule has 0 radical (unpaired) electrons. The number of nitrogens with zero attached hydrogens (tertiary/aromatic N) is 2. The summed E-state index contributed by atoms with van der Waals surface area (Å²) in [5.41, 5.74) is 1.90. The van der Waals surface area contributed by atoms with Crippen LogP contribution in [0.2, 0.25) is 5.15 Å². The molecule has 1 N–H and O–H groups in total. The van der Waals surface area contributed by atoms with E-state index < -0.39 is 5.69 Å². The highest BCUT2D eigenvalue weighted by Crippen LogP contribution is 2.16. The van der Waals surface area contributed by atoms with Gasteiger partial charge in [0, 0.05) is 5.38 Å². The van der Waals surface area contributed by atoms with Crippen molar-refractivity contribution in [2.24, 2.45) is 0 Å². The number of aromatic amines is 1. The quantitative estimate of drug-likeness (QED) is 0.875. The summed E-state index contributed by atoms with van der Waals surface area (Å²) in [6.45, 7) is 3.87. The molecule has 0 spiro atoms. The molecule has 0 amide bonds. The maximum absolute atomic E-state index is 12.2. The smallest absolute Gasteiger partial charge is 0.297 e. The van der Waals surface area contributed by atoms with Crippen LogP contribution in [-0.4, -0.2) is 14.5 Å². The van der Waals surface area contributed by atoms with E-state index in [1.165, 1.54) is 11.3 Å². The van der Waals surface area contributed by atoms with Gasteiger partial charge in [-0.2, -0.15) is 0 Å². The summed E-state index contributed by atoms with van der Waals surface area (Å²) >= 11 is 7.32. The van der Waals surface area contributed by atoms with Gasteiger partial charge in [-0.1, -0.05) is 25.4 Å². The summed E-state index contributed by atoms with van der Waals surface area (Å²) in [5, 5.41) is 1.92. The predicted molar refractivity (Wildman–Crippen MR) is 71.6 cm³/mol. The number of nitrogens with one attached hydrogen (secondary N) is 1. The zero-order chi connectivity index (χ0) is 13.3. The van der Waals surface area contributed by atoms with Crippen LogP contribution in [0.15, 0.2) is 20.5 Å². The zero-order valence-corrected chi connectivity index (χ0v) is 11.5. The highest BCUT2D eigenvalue weighted by atomic mass is 35.5. The minimum Gasteiger partial charge on any atom is -0.297 e. The molecule has 18 heavy (non-hydrogen) atoms. The lowest BCUT2D eigenvalue weighted by Crippen LogP contribution is -2.38.